The molecule has 49 heavy (non-hydrogen) atoms. The first-order valence-electron chi connectivity index (χ1n) is 16.5. The molecule has 0 radical (unpaired) electrons. The molecule has 0 atom stereocenters. The minimum Gasteiger partial charge on any atom is -0.481 e. The normalized spacial score (nSPS) is 25.3. The number of aliphatic carboxylic acids is 3. The Morgan fingerprint density at radius 2 is 0.653 bits per heavy atom. The fourth-order valence-electron chi connectivity index (χ4n) is 7.37. The van der Waals surface area contributed by atoms with E-state index in [1.54, 1.807) is 0 Å². The van der Waals surface area contributed by atoms with Crippen LogP contribution in [0.5, 0.6) is 0 Å². The summed E-state index contributed by atoms with van der Waals surface area (Å²) in [5.41, 5.74) is -4.65. The van der Waals surface area contributed by atoms with Gasteiger partial charge in [0.1, 0.15) is 0 Å². The third kappa shape index (κ3) is 13.9. The van der Waals surface area contributed by atoms with Crippen molar-refractivity contribution in [2.75, 3.05) is 0 Å². The summed E-state index contributed by atoms with van der Waals surface area (Å²) in [5, 5.41) is 96.0. The summed E-state index contributed by atoms with van der Waals surface area (Å²) in [6, 6.07) is 0. The summed E-state index contributed by atoms with van der Waals surface area (Å²) in [4.78, 5) is 30.5. The Morgan fingerprint density at radius 3 is 0.776 bits per heavy atom. The molecule has 3 heterocycles. The highest BCUT2D eigenvalue weighted by atomic mass is 16.5. The fourth-order valence-corrected chi connectivity index (χ4v) is 7.37. The van der Waals surface area contributed by atoms with Crippen molar-refractivity contribution in [3.8, 4) is 0 Å². The van der Waals surface area contributed by atoms with Crippen LogP contribution in [-0.2, 0) is 14.4 Å². The molecule has 3 saturated heterocycles. The zero-order valence-electron chi connectivity index (χ0n) is 31.4. The number of carbonyl (C=O) groups is 3. The second-order valence-electron chi connectivity index (χ2n) is 17.5. The molecule has 0 spiro atoms. The van der Waals surface area contributed by atoms with Crippen molar-refractivity contribution in [3.63, 3.8) is 0 Å². The van der Waals surface area contributed by atoms with Crippen molar-refractivity contribution in [2.45, 2.75) is 192 Å². The Labute approximate surface area is 290 Å². The average molecular weight is 712 g/mol. The van der Waals surface area contributed by atoms with Crippen LogP contribution in [0.25, 0.3) is 0 Å². The van der Waals surface area contributed by atoms with Gasteiger partial charge in [-0.05, 0) is 122 Å². The number of piperidine rings is 3. The highest BCUT2D eigenvalue weighted by Crippen LogP contribution is 2.38. The van der Waals surface area contributed by atoms with E-state index in [-0.39, 0.29) is 51.5 Å². The summed E-state index contributed by atoms with van der Waals surface area (Å²) in [5.74, 6) is -5.02. The van der Waals surface area contributed by atoms with Gasteiger partial charge >= 0.3 is 17.9 Å². The molecule has 0 aliphatic carbocycles. The van der Waals surface area contributed by atoms with Crippen molar-refractivity contribution in [1.82, 2.24) is 15.2 Å². The van der Waals surface area contributed by atoms with E-state index in [1.165, 1.54) is 15.2 Å². The van der Waals surface area contributed by atoms with E-state index >= 15 is 0 Å². The molecule has 290 valence electrons. The second kappa shape index (κ2) is 16.6. The summed E-state index contributed by atoms with van der Waals surface area (Å²) in [7, 11) is 0. The lowest BCUT2D eigenvalue weighted by molar-refractivity contribution is -0.257. The number of nitrogens with zero attached hydrogens (tertiary/aromatic N) is 3. The third-order valence-electron chi connectivity index (χ3n) is 9.14. The molecule has 0 aromatic rings. The molecular weight excluding hydrogens is 646 g/mol. The topological polar surface area (TPSA) is 263 Å². The van der Waals surface area contributed by atoms with Gasteiger partial charge in [0.2, 0.25) is 0 Å². The quantitative estimate of drug-likeness (QED) is 0.196. The maximum atomic E-state index is 10.3. The Hall–Kier alpha value is -1.99. The van der Waals surface area contributed by atoms with Crippen LogP contribution in [0.4, 0.5) is 0 Å². The number of rotatable bonds is 5. The molecule has 0 saturated carbocycles. The molecular formula is C33H65N3O13. The van der Waals surface area contributed by atoms with E-state index in [0.29, 0.717) is 38.5 Å². The maximum absolute atomic E-state index is 10.3. The standard InChI is InChI=1S/3C9H19NO2.C6H8O7/c3*1-8(2)5-7(11)6-9(3,4)10(8)12;7-3(8)1-6(13,5(11)12)2-4(9)10/h3*7,11-12H,5-6H2,1-4H3;13H,1-2H2,(H,7,8)(H,9,10)(H,11,12). The molecule has 0 aromatic carbocycles. The Kier molecular flexibility index (Phi) is 15.9. The van der Waals surface area contributed by atoms with E-state index in [4.69, 9.17) is 20.4 Å². The zero-order valence-corrected chi connectivity index (χ0v) is 31.4. The molecule has 0 bridgehead atoms. The predicted octanol–water partition coefficient (Wildman–Crippen LogP) is 2.92. The summed E-state index contributed by atoms with van der Waals surface area (Å²) in [6.45, 7) is 23.3. The van der Waals surface area contributed by atoms with Crippen LogP contribution in [0.1, 0.15) is 134 Å². The predicted molar refractivity (Wildman–Crippen MR) is 178 cm³/mol. The van der Waals surface area contributed by atoms with Gasteiger partial charge in [0.05, 0.1) is 31.2 Å². The van der Waals surface area contributed by atoms with Crippen LogP contribution < -0.4 is 0 Å². The molecule has 3 rings (SSSR count). The van der Waals surface area contributed by atoms with Crippen LogP contribution in [0.15, 0.2) is 0 Å². The molecule has 10 N–H and O–H groups in total. The van der Waals surface area contributed by atoms with Gasteiger partial charge in [0, 0.05) is 33.2 Å². The lowest BCUT2D eigenvalue weighted by atomic mass is 9.80. The van der Waals surface area contributed by atoms with E-state index < -0.39 is 36.4 Å². The van der Waals surface area contributed by atoms with Gasteiger partial charge in [-0.2, -0.15) is 15.2 Å². The minimum absolute atomic E-state index is 0.293. The van der Waals surface area contributed by atoms with E-state index in [0.717, 1.165) is 0 Å². The first-order chi connectivity index (χ1) is 21.5. The molecule has 16 nitrogen and oxygen atoms in total. The minimum atomic E-state index is -2.74. The fraction of sp³-hybridized carbons (Fsp3) is 0.909. The first kappa shape index (κ1) is 47.0. The highest BCUT2D eigenvalue weighted by molar-refractivity contribution is 5.88. The van der Waals surface area contributed by atoms with E-state index in [9.17, 15) is 45.3 Å². The van der Waals surface area contributed by atoms with Crippen molar-refractivity contribution < 1.29 is 65.8 Å². The molecule has 0 unspecified atom stereocenters. The number of hydroxylamine groups is 6. The smallest absolute Gasteiger partial charge is 0.336 e. The SMILES string of the molecule is CC1(C)CC(O)CC(C)(C)N1O.CC1(C)CC(O)CC(C)(C)N1O.CC1(C)CC(O)CC(C)(C)N1O.O=C(O)CC(O)(CC(=O)O)C(=O)O. The van der Waals surface area contributed by atoms with Gasteiger partial charge in [-0.1, -0.05) is 0 Å². The van der Waals surface area contributed by atoms with Crippen LogP contribution in [-0.4, -0.2) is 142 Å². The highest BCUT2D eigenvalue weighted by Gasteiger charge is 2.46. The van der Waals surface area contributed by atoms with E-state index in [1.807, 2.05) is 83.1 Å². The number of hydrogen-bond donors (Lipinski definition) is 10. The molecule has 3 fully saturated rings. The number of carboxylic acids is 3. The zero-order chi connectivity index (χ0) is 39.4. The van der Waals surface area contributed by atoms with Crippen molar-refractivity contribution in [2.24, 2.45) is 0 Å². The number of hydrogen-bond acceptors (Lipinski definition) is 13. The third-order valence-corrected chi connectivity index (χ3v) is 9.14. The van der Waals surface area contributed by atoms with Crippen LogP contribution in [0, 0.1) is 0 Å². The molecule has 0 amide bonds. The Morgan fingerprint density at radius 1 is 0.490 bits per heavy atom. The average Bonchev–Trinajstić information content (AvgIpc) is 2.83. The van der Waals surface area contributed by atoms with Crippen molar-refractivity contribution in [1.29, 1.82) is 0 Å². The summed E-state index contributed by atoms with van der Waals surface area (Å²) in [6.07, 6.45) is 0.623. The van der Waals surface area contributed by atoms with Gasteiger partial charge in [-0.25, -0.2) is 4.79 Å². The van der Waals surface area contributed by atoms with Gasteiger partial charge in [-0.3, -0.25) is 9.59 Å². The monoisotopic (exact) mass is 711 g/mol. The lowest BCUT2D eigenvalue weighted by Gasteiger charge is -2.50. The summed E-state index contributed by atoms with van der Waals surface area (Å²) < 4.78 is 0. The van der Waals surface area contributed by atoms with E-state index in [2.05, 4.69) is 0 Å². The number of carboxylic acid groups (broad SMARTS) is 3. The van der Waals surface area contributed by atoms with Gasteiger partial charge in [-0.15, -0.1) is 0 Å². The second-order valence-corrected chi connectivity index (χ2v) is 17.5. The Balaban J connectivity index is 0.000000627. The van der Waals surface area contributed by atoms with Crippen LogP contribution in [0.2, 0.25) is 0 Å². The molecule has 3 aliphatic rings. The van der Waals surface area contributed by atoms with Crippen molar-refractivity contribution in [3.05, 3.63) is 0 Å². The van der Waals surface area contributed by atoms with Gasteiger partial charge in [0.25, 0.3) is 0 Å². The molecule has 16 heteroatoms. The van der Waals surface area contributed by atoms with Crippen LogP contribution in [0.3, 0.4) is 0 Å². The molecule has 3 aliphatic heterocycles. The van der Waals surface area contributed by atoms with Crippen LogP contribution >= 0.6 is 0 Å². The Bertz CT molecular complexity index is 958. The lowest BCUT2D eigenvalue weighted by Crippen LogP contribution is -2.60. The van der Waals surface area contributed by atoms with Crippen molar-refractivity contribution >= 4 is 17.9 Å². The van der Waals surface area contributed by atoms with Gasteiger partial charge in [0.15, 0.2) is 5.60 Å². The molecule has 0 aromatic heterocycles. The first-order valence-corrected chi connectivity index (χ1v) is 16.5. The van der Waals surface area contributed by atoms with Gasteiger partial charge < -0.3 is 51.4 Å². The largest absolute Gasteiger partial charge is 0.481 e. The number of aliphatic hydroxyl groups is 4. The maximum Gasteiger partial charge on any atom is 0.336 e. The number of aliphatic hydroxyl groups excluding tert-OH is 3. The summed E-state index contributed by atoms with van der Waals surface area (Å²) >= 11 is 0.